The maximum Gasteiger partial charge on any atom is 0.243 e. The standard InChI is InChI=1S/C11H19N3OS/c1-6(2)8-5-16-11(13-8)14-10(15)9(12)7(3)4/h5-7,9H,12H2,1-4H3,(H,13,14,15)/t9-/m1/s1. The predicted molar refractivity (Wildman–Crippen MR) is 67.6 cm³/mol. The average molecular weight is 241 g/mol. The lowest BCUT2D eigenvalue weighted by atomic mass is 10.1. The predicted octanol–water partition coefficient (Wildman–Crippen LogP) is 2.19. The Bertz CT molecular complexity index is 360. The molecule has 1 aromatic rings. The topological polar surface area (TPSA) is 68.0 Å². The average Bonchev–Trinajstić information content (AvgIpc) is 2.64. The zero-order chi connectivity index (χ0) is 12.3. The molecule has 16 heavy (non-hydrogen) atoms. The van der Waals surface area contributed by atoms with Gasteiger partial charge in [0.1, 0.15) is 0 Å². The highest BCUT2D eigenvalue weighted by Gasteiger charge is 2.18. The number of nitrogens with zero attached hydrogens (tertiary/aromatic N) is 1. The van der Waals surface area contributed by atoms with Crippen molar-refractivity contribution in [2.24, 2.45) is 11.7 Å². The van der Waals surface area contributed by atoms with Crippen molar-refractivity contribution in [3.63, 3.8) is 0 Å². The molecule has 0 spiro atoms. The Morgan fingerprint density at radius 1 is 1.44 bits per heavy atom. The maximum absolute atomic E-state index is 11.7. The summed E-state index contributed by atoms with van der Waals surface area (Å²) >= 11 is 1.44. The van der Waals surface area contributed by atoms with Crippen molar-refractivity contribution in [2.75, 3.05) is 5.32 Å². The van der Waals surface area contributed by atoms with Crippen LogP contribution in [0.15, 0.2) is 5.38 Å². The van der Waals surface area contributed by atoms with E-state index in [2.05, 4.69) is 24.1 Å². The second-order valence-corrected chi connectivity index (χ2v) is 5.35. The van der Waals surface area contributed by atoms with Gasteiger partial charge in [0.25, 0.3) is 0 Å². The Balaban J connectivity index is 2.63. The van der Waals surface area contributed by atoms with Gasteiger partial charge in [0, 0.05) is 5.38 Å². The fourth-order valence-corrected chi connectivity index (χ4v) is 1.98. The van der Waals surface area contributed by atoms with E-state index in [1.54, 1.807) is 0 Å². The third-order valence-electron chi connectivity index (χ3n) is 2.36. The fourth-order valence-electron chi connectivity index (χ4n) is 1.10. The third-order valence-corrected chi connectivity index (χ3v) is 3.14. The van der Waals surface area contributed by atoms with Crippen molar-refractivity contribution in [3.05, 3.63) is 11.1 Å². The molecule has 0 radical (unpaired) electrons. The number of thiazole rings is 1. The summed E-state index contributed by atoms with van der Waals surface area (Å²) in [5.74, 6) is 0.338. The Kier molecular flexibility index (Phi) is 4.44. The van der Waals surface area contributed by atoms with Gasteiger partial charge in [-0.1, -0.05) is 27.7 Å². The largest absolute Gasteiger partial charge is 0.320 e. The van der Waals surface area contributed by atoms with E-state index < -0.39 is 6.04 Å². The van der Waals surface area contributed by atoms with Gasteiger partial charge in [-0.2, -0.15) is 0 Å². The normalized spacial score (nSPS) is 13.2. The molecule has 1 amide bonds. The lowest BCUT2D eigenvalue weighted by Crippen LogP contribution is -2.39. The van der Waals surface area contributed by atoms with Crippen molar-refractivity contribution in [1.29, 1.82) is 0 Å². The zero-order valence-corrected chi connectivity index (χ0v) is 11.0. The molecule has 0 aromatic carbocycles. The highest BCUT2D eigenvalue weighted by molar-refractivity contribution is 7.13. The first kappa shape index (κ1) is 13.1. The number of rotatable bonds is 4. The van der Waals surface area contributed by atoms with Gasteiger partial charge in [-0.3, -0.25) is 4.79 Å². The van der Waals surface area contributed by atoms with E-state index in [1.165, 1.54) is 11.3 Å². The van der Waals surface area contributed by atoms with E-state index >= 15 is 0 Å². The van der Waals surface area contributed by atoms with Gasteiger partial charge in [-0.25, -0.2) is 4.98 Å². The van der Waals surface area contributed by atoms with Crippen molar-refractivity contribution >= 4 is 22.4 Å². The van der Waals surface area contributed by atoms with E-state index in [-0.39, 0.29) is 11.8 Å². The molecule has 1 rings (SSSR count). The molecule has 0 unspecified atom stereocenters. The van der Waals surface area contributed by atoms with E-state index in [0.717, 1.165) is 5.69 Å². The van der Waals surface area contributed by atoms with Crippen molar-refractivity contribution in [1.82, 2.24) is 4.98 Å². The first-order valence-electron chi connectivity index (χ1n) is 5.43. The molecule has 0 fully saturated rings. The van der Waals surface area contributed by atoms with Crippen LogP contribution in [0, 0.1) is 5.92 Å². The van der Waals surface area contributed by atoms with E-state index in [4.69, 9.17) is 5.73 Å². The van der Waals surface area contributed by atoms with Crippen LogP contribution in [0.4, 0.5) is 5.13 Å². The summed E-state index contributed by atoms with van der Waals surface area (Å²) in [5.41, 5.74) is 6.74. The summed E-state index contributed by atoms with van der Waals surface area (Å²) in [6.07, 6.45) is 0. The van der Waals surface area contributed by atoms with Crippen LogP contribution in [0.2, 0.25) is 0 Å². The molecule has 90 valence electrons. The molecule has 1 atom stereocenters. The number of amides is 1. The van der Waals surface area contributed by atoms with Gasteiger partial charge in [0.05, 0.1) is 11.7 Å². The lowest BCUT2D eigenvalue weighted by Gasteiger charge is -2.13. The second-order valence-electron chi connectivity index (χ2n) is 4.49. The zero-order valence-electron chi connectivity index (χ0n) is 10.2. The smallest absolute Gasteiger partial charge is 0.243 e. The molecule has 0 aliphatic heterocycles. The lowest BCUT2D eigenvalue weighted by molar-refractivity contribution is -0.118. The van der Waals surface area contributed by atoms with Gasteiger partial charge in [0.15, 0.2) is 5.13 Å². The molecule has 1 aromatic heterocycles. The number of anilines is 1. The van der Waals surface area contributed by atoms with Gasteiger partial charge >= 0.3 is 0 Å². The molecular weight excluding hydrogens is 222 g/mol. The molecule has 0 saturated carbocycles. The third kappa shape index (κ3) is 3.28. The van der Waals surface area contributed by atoms with E-state index in [0.29, 0.717) is 11.0 Å². The van der Waals surface area contributed by atoms with Crippen LogP contribution in [-0.4, -0.2) is 16.9 Å². The van der Waals surface area contributed by atoms with Crippen LogP contribution in [0.5, 0.6) is 0 Å². The highest BCUT2D eigenvalue weighted by atomic mass is 32.1. The van der Waals surface area contributed by atoms with Gasteiger partial charge in [-0.05, 0) is 11.8 Å². The summed E-state index contributed by atoms with van der Waals surface area (Å²) in [5, 5.41) is 5.33. The Morgan fingerprint density at radius 3 is 2.50 bits per heavy atom. The number of carbonyl (C=O) groups excluding carboxylic acids is 1. The molecular formula is C11H19N3OS. The summed E-state index contributed by atoms with van der Waals surface area (Å²) in [4.78, 5) is 16.0. The van der Waals surface area contributed by atoms with Crippen molar-refractivity contribution < 1.29 is 4.79 Å². The first-order valence-corrected chi connectivity index (χ1v) is 6.31. The first-order chi connectivity index (χ1) is 7.41. The van der Waals surface area contributed by atoms with Crippen LogP contribution in [0.1, 0.15) is 39.3 Å². The minimum Gasteiger partial charge on any atom is -0.320 e. The molecule has 5 heteroatoms. The summed E-state index contributed by atoms with van der Waals surface area (Å²) in [6.45, 7) is 7.98. The molecule has 0 aliphatic carbocycles. The highest BCUT2D eigenvalue weighted by Crippen LogP contribution is 2.21. The van der Waals surface area contributed by atoms with Crippen LogP contribution in [-0.2, 0) is 4.79 Å². The maximum atomic E-state index is 11.7. The fraction of sp³-hybridized carbons (Fsp3) is 0.636. The molecule has 4 nitrogen and oxygen atoms in total. The molecule has 3 N–H and O–H groups in total. The van der Waals surface area contributed by atoms with E-state index in [1.807, 2.05) is 19.2 Å². The second kappa shape index (κ2) is 5.41. The summed E-state index contributed by atoms with van der Waals surface area (Å²) in [6, 6.07) is -0.480. The minimum absolute atomic E-state index is 0.129. The van der Waals surface area contributed by atoms with E-state index in [9.17, 15) is 4.79 Å². The number of hydrogen-bond acceptors (Lipinski definition) is 4. The Labute approximate surface area is 100 Å². The Hall–Kier alpha value is -0.940. The number of hydrogen-bond donors (Lipinski definition) is 2. The minimum atomic E-state index is -0.480. The van der Waals surface area contributed by atoms with Crippen LogP contribution in [0.3, 0.4) is 0 Å². The van der Waals surface area contributed by atoms with Crippen LogP contribution < -0.4 is 11.1 Å². The van der Waals surface area contributed by atoms with Gasteiger partial charge < -0.3 is 11.1 Å². The van der Waals surface area contributed by atoms with Crippen molar-refractivity contribution in [3.8, 4) is 0 Å². The van der Waals surface area contributed by atoms with Crippen LogP contribution >= 0.6 is 11.3 Å². The molecule has 1 heterocycles. The van der Waals surface area contributed by atoms with Crippen LogP contribution in [0.25, 0.3) is 0 Å². The van der Waals surface area contributed by atoms with Gasteiger partial charge in [-0.15, -0.1) is 11.3 Å². The number of carbonyl (C=O) groups is 1. The SMILES string of the molecule is CC(C)c1csc(NC(=O)[C@H](N)C(C)C)n1. The number of nitrogens with two attached hydrogens (primary N) is 1. The molecule has 0 saturated heterocycles. The number of nitrogens with one attached hydrogen (secondary N) is 1. The van der Waals surface area contributed by atoms with Crippen molar-refractivity contribution in [2.45, 2.75) is 39.7 Å². The number of aromatic nitrogens is 1. The Morgan fingerprint density at radius 2 is 2.06 bits per heavy atom. The molecule has 0 aliphatic rings. The quantitative estimate of drug-likeness (QED) is 0.849. The summed E-state index contributed by atoms with van der Waals surface area (Å²) < 4.78 is 0. The molecule has 0 bridgehead atoms. The summed E-state index contributed by atoms with van der Waals surface area (Å²) in [7, 11) is 0. The van der Waals surface area contributed by atoms with Gasteiger partial charge in [0.2, 0.25) is 5.91 Å². The monoisotopic (exact) mass is 241 g/mol.